The average Bonchev–Trinajstić information content (AvgIpc) is 3.74. The first-order valence-electron chi connectivity index (χ1n) is 15.2. The van der Waals surface area contributed by atoms with Gasteiger partial charge >= 0.3 is 6.18 Å². The van der Waals surface area contributed by atoms with Crippen molar-refractivity contribution in [2.45, 2.75) is 25.6 Å². The molecule has 13 nitrogen and oxygen atoms in total. The van der Waals surface area contributed by atoms with Crippen LogP contribution in [0.15, 0.2) is 42.7 Å². The largest absolute Gasteiger partial charge is 0.435 e. The number of halogens is 4. The molecule has 0 atom stereocenters. The van der Waals surface area contributed by atoms with Crippen LogP contribution < -0.4 is 16.4 Å². The highest BCUT2D eigenvalue weighted by molar-refractivity contribution is 6.33. The van der Waals surface area contributed by atoms with Gasteiger partial charge in [0.2, 0.25) is 5.91 Å². The molecule has 2 fully saturated rings. The number of amides is 3. The van der Waals surface area contributed by atoms with E-state index in [-0.39, 0.29) is 51.9 Å². The van der Waals surface area contributed by atoms with Crippen LogP contribution in [0.1, 0.15) is 45.1 Å². The maximum atomic E-state index is 13.8. The topological polar surface area (TPSA) is 178 Å². The number of piperidine rings is 1. The zero-order chi connectivity index (χ0) is 34.0. The van der Waals surface area contributed by atoms with Gasteiger partial charge in [-0.25, -0.2) is 4.98 Å². The number of piperazine rings is 1. The number of imidazole rings is 1. The molecule has 48 heavy (non-hydrogen) atoms. The Morgan fingerprint density at radius 1 is 1.08 bits per heavy atom. The van der Waals surface area contributed by atoms with Gasteiger partial charge in [-0.2, -0.15) is 18.3 Å². The summed E-state index contributed by atoms with van der Waals surface area (Å²) in [6.45, 7) is 3.68. The smallest absolute Gasteiger partial charge is 0.397 e. The fraction of sp³-hybridized carbons (Fsp3) is 0.355. The van der Waals surface area contributed by atoms with Crippen molar-refractivity contribution < 1.29 is 27.6 Å². The number of alkyl halides is 3. The minimum atomic E-state index is -4.80. The number of nitrogens with one attached hydrogen (secondary N) is 4. The van der Waals surface area contributed by atoms with Gasteiger partial charge in [-0.05, 0) is 48.6 Å². The SMILES string of the molecule is Nc1ccc(-c2[nH]nc(C(F)(F)F)c2-c2cnc(C(=O)NCc3ccc(C(=O)N4CCC(CN5CCNCC5=O)CC4)c(Cl)c3)[nH]2)nc1. The maximum absolute atomic E-state index is 13.8. The number of likely N-dealkylation sites (tertiary alicyclic amines) is 1. The summed E-state index contributed by atoms with van der Waals surface area (Å²) >= 11 is 6.49. The highest BCUT2D eigenvalue weighted by atomic mass is 35.5. The van der Waals surface area contributed by atoms with Gasteiger partial charge in [0.15, 0.2) is 11.5 Å². The number of hydrogen-bond donors (Lipinski definition) is 5. The molecule has 17 heteroatoms. The van der Waals surface area contributed by atoms with Crippen molar-refractivity contribution in [1.82, 2.24) is 45.6 Å². The molecular weight excluding hydrogens is 653 g/mol. The van der Waals surface area contributed by atoms with Crippen molar-refractivity contribution in [3.63, 3.8) is 0 Å². The number of nitrogens with zero attached hydrogens (tertiary/aromatic N) is 5. The van der Waals surface area contributed by atoms with Gasteiger partial charge in [-0.15, -0.1) is 0 Å². The van der Waals surface area contributed by atoms with Crippen molar-refractivity contribution in [3.05, 3.63) is 70.4 Å². The second-order valence-corrected chi connectivity index (χ2v) is 12.1. The summed E-state index contributed by atoms with van der Waals surface area (Å²) < 4.78 is 41.5. The Morgan fingerprint density at radius 2 is 1.88 bits per heavy atom. The van der Waals surface area contributed by atoms with Gasteiger partial charge in [0, 0.05) is 39.3 Å². The maximum Gasteiger partial charge on any atom is 0.435 e. The Balaban J connectivity index is 1.07. The average molecular weight is 685 g/mol. The second-order valence-electron chi connectivity index (χ2n) is 11.7. The van der Waals surface area contributed by atoms with E-state index in [9.17, 15) is 27.6 Å². The summed E-state index contributed by atoms with van der Waals surface area (Å²) in [5, 5.41) is 11.8. The van der Waals surface area contributed by atoms with E-state index < -0.39 is 17.8 Å². The molecule has 0 bridgehead atoms. The summed E-state index contributed by atoms with van der Waals surface area (Å²) in [5.74, 6) is -0.657. The van der Waals surface area contributed by atoms with Crippen LogP contribution in [-0.4, -0.2) is 91.9 Å². The molecule has 2 saturated heterocycles. The number of nitrogens with two attached hydrogens (primary N) is 1. The molecule has 3 aromatic heterocycles. The third-order valence-corrected chi connectivity index (χ3v) is 8.73. The zero-order valence-electron chi connectivity index (χ0n) is 25.5. The van der Waals surface area contributed by atoms with Crippen molar-refractivity contribution in [1.29, 1.82) is 0 Å². The van der Waals surface area contributed by atoms with Crippen molar-refractivity contribution in [2.75, 3.05) is 45.0 Å². The van der Waals surface area contributed by atoms with E-state index in [0.29, 0.717) is 55.5 Å². The minimum absolute atomic E-state index is 0.0132. The lowest BCUT2D eigenvalue weighted by Crippen LogP contribution is -2.50. The molecule has 6 N–H and O–H groups in total. The van der Waals surface area contributed by atoms with Crippen molar-refractivity contribution in [2.24, 2.45) is 5.92 Å². The van der Waals surface area contributed by atoms with Crippen molar-refractivity contribution in [3.8, 4) is 22.6 Å². The van der Waals surface area contributed by atoms with Crippen LogP contribution in [-0.2, 0) is 17.5 Å². The molecular formula is C31H32ClF3N10O3. The molecule has 4 aromatic rings. The van der Waals surface area contributed by atoms with E-state index in [1.807, 2.05) is 4.90 Å². The molecule has 0 radical (unpaired) electrons. The summed E-state index contributed by atoms with van der Waals surface area (Å²) in [4.78, 5) is 52.6. The number of H-pyrrole nitrogens is 2. The lowest BCUT2D eigenvalue weighted by Gasteiger charge is -2.36. The molecule has 0 unspecified atom stereocenters. The molecule has 3 amide bonds. The van der Waals surface area contributed by atoms with Gasteiger partial charge in [0.25, 0.3) is 11.8 Å². The molecule has 1 aromatic carbocycles. The number of aromatic amines is 2. The second kappa shape index (κ2) is 13.6. The molecule has 0 saturated carbocycles. The van der Waals surface area contributed by atoms with Crippen LogP contribution >= 0.6 is 11.6 Å². The minimum Gasteiger partial charge on any atom is -0.397 e. The van der Waals surface area contributed by atoms with Crippen LogP contribution in [0.4, 0.5) is 18.9 Å². The number of benzene rings is 1. The van der Waals surface area contributed by atoms with E-state index in [4.69, 9.17) is 17.3 Å². The van der Waals surface area contributed by atoms with E-state index in [2.05, 4.69) is 35.8 Å². The normalized spacial score (nSPS) is 16.0. The lowest BCUT2D eigenvalue weighted by molar-refractivity contribution is -0.140. The van der Waals surface area contributed by atoms with E-state index in [1.165, 1.54) is 18.3 Å². The van der Waals surface area contributed by atoms with E-state index >= 15 is 0 Å². The predicted octanol–water partition coefficient (Wildman–Crippen LogP) is 3.33. The Kier molecular flexibility index (Phi) is 9.37. The number of rotatable bonds is 8. The fourth-order valence-corrected chi connectivity index (χ4v) is 6.14. The molecule has 6 rings (SSSR count). The summed E-state index contributed by atoms with van der Waals surface area (Å²) in [6, 6.07) is 7.79. The molecule has 0 aliphatic carbocycles. The van der Waals surface area contributed by atoms with Crippen LogP contribution in [0.25, 0.3) is 22.6 Å². The van der Waals surface area contributed by atoms with Crippen LogP contribution in [0.3, 0.4) is 0 Å². The Bertz CT molecular complexity index is 1820. The number of nitrogen functional groups attached to an aromatic ring is 1. The summed E-state index contributed by atoms with van der Waals surface area (Å²) in [5.41, 5.74) is 5.42. The van der Waals surface area contributed by atoms with Crippen LogP contribution in [0.5, 0.6) is 0 Å². The Hall–Kier alpha value is -4.96. The molecule has 2 aliphatic heterocycles. The Morgan fingerprint density at radius 3 is 2.56 bits per heavy atom. The molecule has 5 heterocycles. The number of hydrogen-bond acceptors (Lipinski definition) is 8. The number of carbonyl (C=O) groups is 3. The molecule has 252 valence electrons. The number of aromatic nitrogens is 5. The Labute approximate surface area is 277 Å². The van der Waals surface area contributed by atoms with Crippen LogP contribution in [0, 0.1) is 5.92 Å². The number of carbonyl (C=O) groups excluding carboxylic acids is 3. The quantitative estimate of drug-likeness (QED) is 0.188. The number of pyridine rings is 1. The summed E-state index contributed by atoms with van der Waals surface area (Å²) in [7, 11) is 0. The first-order valence-corrected chi connectivity index (χ1v) is 15.6. The first-order chi connectivity index (χ1) is 23.0. The van der Waals surface area contributed by atoms with Gasteiger partial charge < -0.3 is 31.2 Å². The highest BCUT2D eigenvalue weighted by Crippen LogP contribution is 2.40. The van der Waals surface area contributed by atoms with Gasteiger partial charge in [-0.3, -0.25) is 24.5 Å². The monoisotopic (exact) mass is 684 g/mol. The number of anilines is 1. The van der Waals surface area contributed by atoms with Crippen molar-refractivity contribution >= 4 is 35.0 Å². The van der Waals surface area contributed by atoms with Gasteiger partial charge in [0.1, 0.15) is 0 Å². The standard InChI is InChI=1S/C31H32ClF3N10O3/c32-21-11-18(1-3-20(21)30(48)44-8-5-17(6-9-44)16-45-10-7-37-15-24(45)46)12-40-29(47)28-39-14-23(41-28)25-26(22-4-2-19(36)13-38-22)42-43-27(25)31(33,34)35/h1-4,11,13-14,17,37H,5-10,12,15-16,36H2,(H,39,41)(H,40,47)(H,42,43). The van der Waals surface area contributed by atoms with Crippen LogP contribution in [0.2, 0.25) is 5.02 Å². The van der Waals surface area contributed by atoms with E-state index in [1.54, 1.807) is 23.1 Å². The highest BCUT2D eigenvalue weighted by Gasteiger charge is 2.39. The van der Waals surface area contributed by atoms with Gasteiger partial charge in [-0.1, -0.05) is 17.7 Å². The first kappa shape index (κ1) is 33.0. The molecule has 0 spiro atoms. The van der Waals surface area contributed by atoms with Gasteiger partial charge in [0.05, 0.1) is 57.9 Å². The fourth-order valence-electron chi connectivity index (χ4n) is 5.86. The lowest BCUT2D eigenvalue weighted by atomic mass is 9.95. The predicted molar refractivity (Wildman–Crippen MR) is 170 cm³/mol. The zero-order valence-corrected chi connectivity index (χ0v) is 26.3. The third kappa shape index (κ3) is 7.13. The molecule has 2 aliphatic rings. The van der Waals surface area contributed by atoms with E-state index in [0.717, 1.165) is 25.6 Å². The third-order valence-electron chi connectivity index (χ3n) is 8.42. The summed E-state index contributed by atoms with van der Waals surface area (Å²) in [6.07, 6.45) is -0.813.